The van der Waals surface area contributed by atoms with Crippen LogP contribution in [0.4, 0.5) is 11.4 Å². The molecule has 0 N–H and O–H groups in total. The van der Waals surface area contributed by atoms with Crippen LogP contribution in [0.5, 0.6) is 0 Å². The van der Waals surface area contributed by atoms with E-state index < -0.39 is 0 Å². The Morgan fingerprint density at radius 1 is 1.13 bits per heavy atom. The van der Waals surface area contributed by atoms with Crippen molar-refractivity contribution in [1.29, 1.82) is 0 Å². The molecule has 0 amide bonds. The Morgan fingerprint density at radius 2 is 1.67 bits per heavy atom. The minimum atomic E-state index is 0.116. The van der Waals surface area contributed by atoms with Gasteiger partial charge in [-0.3, -0.25) is 0 Å². The zero-order valence-electron chi connectivity index (χ0n) is 7.87. The maximum atomic E-state index is 10.3. The SMILES string of the molecule is COCc1cc(N=S=O)cc(N=S=O)c1. The molecule has 0 atom stereocenters. The van der Waals surface area contributed by atoms with Gasteiger partial charge in [0.15, 0.2) is 0 Å². The summed E-state index contributed by atoms with van der Waals surface area (Å²) in [4.78, 5) is 0. The smallest absolute Gasteiger partial charge is 0.205 e. The van der Waals surface area contributed by atoms with Gasteiger partial charge in [0.1, 0.15) is 0 Å². The summed E-state index contributed by atoms with van der Waals surface area (Å²) in [6.45, 7) is 0.388. The minimum absolute atomic E-state index is 0.116. The lowest BCUT2D eigenvalue weighted by Crippen LogP contribution is -1.86. The monoisotopic (exact) mass is 244 g/mol. The van der Waals surface area contributed by atoms with Gasteiger partial charge < -0.3 is 4.74 Å². The summed E-state index contributed by atoms with van der Waals surface area (Å²) < 4.78 is 32.7. The molecule has 0 saturated carbocycles. The topological polar surface area (TPSA) is 68.1 Å². The summed E-state index contributed by atoms with van der Waals surface area (Å²) in [6.07, 6.45) is 0. The third kappa shape index (κ3) is 3.82. The number of rotatable bonds is 4. The molecule has 0 radical (unpaired) electrons. The molecule has 0 spiro atoms. The van der Waals surface area contributed by atoms with Crippen molar-refractivity contribution in [3.63, 3.8) is 0 Å². The van der Waals surface area contributed by atoms with Crippen molar-refractivity contribution in [2.24, 2.45) is 8.73 Å². The summed E-state index contributed by atoms with van der Waals surface area (Å²) >= 11 is 0.232. The molecular formula is C8H8N2O3S2. The normalized spacial score (nSPS) is 9.40. The highest BCUT2D eigenvalue weighted by Gasteiger charge is 1.99. The Labute approximate surface area is 94.0 Å². The van der Waals surface area contributed by atoms with E-state index in [1.54, 1.807) is 25.3 Å². The summed E-state index contributed by atoms with van der Waals surface area (Å²) in [5, 5.41) is 0. The van der Waals surface area contributed by atoms with E-state index in [1.165, 1.54) is 0 Å². The van der Waals surface area contributed by atoms with Crippen molar-refractivity contribution < 1.29 is 13.2 Å². The van der Waals surface area contributed by atoms with Gasteiger partial charge >= 0.3 is 0 Å². The maximum Gasteiger partial charge on any atom is 0.205 e. The first-order chi connectivity index (χ1) is 7.30. The fourth-order valence-corrected chi connectivity index (χ4v) is 1.48. The summed E-state index contributed by atoms with van der Waals surface area (Å²) in [5.74, 6) is 0. The summed E-state index contributed by atoms with van der Waals surface area (Å²) in [5.41, 5.74) is 1.79. The molecule has 1 aromatic carbocycles. The first kappa shape index (κ1) is 11.9. The van der Waals surface area contributed by atoms with Gasteiger partial charge in [-0.25, -0.2) is 0 Å². The number of hydrogen-bond donors (Lipinski definition) is 0. The molecule has 0 saturated heterocycles. The van der Waals surface area contributed by atoms with Gasteiger partial charge in [-0.1, -0.05) is 0 Å². The van der Waals surface area contributed by atoms with Crippen molar-refractivity contribution in [2.45, 2.75) is 6.61 Å². The lowest BCUT2D eigenvalue weighted by Gasteiger charge is -2.01. The van der Waals surface area contributed by atoms with Crippen LogP contribution in [0.2, 0.25) is 0 Å². The van der Waals surface area contributed by atoms with E-state index in [4.69, 9.17) is 4.74 Å². The average Bonchev–Trinajstić information content (AvgIpc) is 2.19. The molecule has 0 aromatic heterocycles. The molecule has 0 heterocycles. The zero-order valence-corrected chi connectivity index (χ0v) is 9.51. The second-order valence-corrected chi connectivity index (χ2v) is 3.29. The number of ether oxygens (including phenoxy) is 1. The Hall–Kier alpha value is -1.18. The van der Waals surface area contributed by atoms with E-state index in [-0.39, 0.29) is 22.9 Å². The largest absolute Gasteiger partial charge is 0.380 e. The highest BCUT2D eigenvalue weighted by atomic mass is 32.1. The first-order valence-electron chi connectivity index (χ1n) is 3.93. The lowest BCUT2D eigenvalue weighted by molar-refractivity contribution is 0.185. The molecule has 0 bridgehead atoms. The number of methoxy groups -OCH3 is 1. The van der Waals surface area contributed by atoms with Gasteiger partial charge in [0.05, 0.1) is 18.0 Å². The van der Waals surface area contributed by atoms with Crippen molar-refractivity contribution in [1.82, 2.24) is 0 Å². The fourth-order valence-electron chi connectivity index (χ4n) is 1.10. The first-order valence-corrected chi connectivity index (χ1v) is 5.33. The molecule has 0 aliphatic rings. The quantitative estimate of drug-likeness (QED) is 0.812. The molecule has 80 valence electrons. The van der Waals surface area contributed by atoms with Crippen LogP contribution < -0.4 is 0 Å². The predicted molar refractivity (Wildman–Crippen MR) is 57.6 cm³/mol. The summed E-state index contributed by atoms with van der Waals surface area (Å²) in [6, 6.07) is 4.99. The van der Waals surface area contributed by atoms with Crippen molar-refractivity contribution in [3.05, 3.63) is 23.8 Å². The maximum absolute atomic E-state index is 10.3. The van der Waals surface area contributed by atoms with Gasteiger partial charge in [0.2, 0.25) is 22.9 Å². The highest BCUT2D eigenvalue weighted by Crippen LogP contribution is 2.23. The van der Waals surface area contributed by atoms with E-state index in [2.05, 4.69) is 8.73 Å². The van der Waals surface area contributed by atoms with Gasteiger partial charge in [-0.15, -0.1) is 0 Å². The van der Waals surface area contributed by atoms with Crippen molar-refractivity contribution >= 4 is 34.3 Å². The molecule has 15 heavy (non-hydrogen) atoms. The van der Waals surface area contributed by atoms with Crippen molar-refractivity contribution in [3.8, 4) is 0 Å². The summed E-state index contributed by atoms with van der Waals surface area (Å²) in [7, 11) is 1.56. The van der Waals surface area contributed by atoms with Crippen LogP contribution in [0.25, 0.3) is 0 Å². The van der Waals surface area contributed by atoms with Crippen LogP contribution in [0.15, 0.2) is 26.9 Å². The lowest BCUT2D eigenvalue weighted by atomic mass is 10.2. The molecular weight excluding hydrogens is 236 g/mol. The van der Waals surface area contributed by atoms with Crippen LogP contribution >= 0.6 is 0 Å². The van der Waals surface area contributed by atoms with Gasteiger partial charge in [0, 0.05) is 7.11 Å². The molecule has 0 aliphatic heterocycles. The standard InChI is InChI=1S/C8H8N2O3S2/c1-13-5-6-2-7(9-14-11)4-8(3-6)10-15-12/h2-4H,5H2,1H3. The molecule has 0 fully saturated rings. The third-order valence-corrected chi connectivity index (χ3v) is 2.13. The van der Waals surface area contributed by atoms with E-state index in [9.17, 15) is 8.42 Å². The zero-order chi connectivity index (χ0) is 11.1. The molecule has 0 aliphatic carbocycles. The predicted octanol–water partition coefficient (Wildman–Crippen LogP) is 1.89. The van der Waals surface area contributed by atoms with Gasteiger partial charge in [-0.05, 0) is 23.8 Å². The molecule has 1 rings (SSSR count). The number of hydrogen-bond acceptors (Lipinski definition) is 5. The van der Waals surface area contributed by atoms with E-state index in [0.717, 1.165) is 5.56 Å². The number of nitrogens with zero attached hydrogens (tertiary/aromatic N) is 2. The van der Waals surface area contributed by atoms with Gasteiger partial charge in [-0.2, -0.15) is 17.1 Å². The molecule has 1 aromatic rings. The second kappa shape index (κ2) is 6.33. The van der Waals surface area contributed by atoms with Crippen LogP contribution in [0.1, 0.15) is 5.56 Å². The van der Waals surface area contributed by atoms with Crippen LogP contribution in [-0.4, -0.2) is 15.5 Å². The molecule has 5 nitrogen and oxygen atoms in total. The average molecular weight is 244 g/mol. The minimum Gasteiger partial charge on any atom is -0.380 e. The Kier molecular flexibility index (Phi) is 5.02. The molecule has 7 heteroatoms. The highest BCUT2D eigenvalue weighted by molar-refractivity contribution is 7.55. The van der Waals surface area contributed by atoms with Crippen LogP contribution in [0.3, 0.4) is 0 Å². The van der Waals surface area contributed by atoms with Crippen LogP contribution in [0, 0.1) is 0 Å². The molecule has 0 unspecified atom stereocenters. The number of benzene rings is 1. The van der Waals surface area contributed by atoms with Gasteiger partial charge in [0.25, 0.3) is 0 Å². The second-order valence-electron chi connectivity index (χ2n) is 2.62. The Balaban J connectivity index is 3.18. The van der Waals surface area contributed by atoms with Crippen molar-refractivity contribution in [2.75, 3.05) is 7.11 Å². The Morgan fingerprint density at radius 3 is 2.07 bits per heavy atom. The third-order valence-electron chi connectivity index (χ3n) is 1.56. The van der Waals surface area contributed by atoms with Crippen LogP contribution in [-0.2, 0) is 34.3 Å². The fraction of sp³-hybridized carbons (Fsp3) is 0.250. The van der Waals surface area contributed by atoms with E-state index in [1.807, 2.05) is 0 Å². The van der Waals surface area contributed by atoms with E-state index in [0.29, 0.717) is 18.0 Å². The van der Waals surface area contributed by atoms with E-state index >= 15 is 0 Å². The Bertz CT molecular complexity index is 415.